The van der Waals surface area contributed by atoms with E-state index in [-0.39, 0.29) is 0 Å². The number of anilines is 1. The third-order valence-corrected chi connectivity index (χ3v) is 6.04. The number of imidazole rings is 1. The summed E-state index contributed by atoms with van der Waals surface area (Å²) in [5.41, 5.74) is 4.59. The first-order valence-corrected chi connectivity index (χ1v) is 11.5. The maximum absolute atomic E-state index is 12.3. The van der Waals surface area contributed by atoms with Crippen LogP contribution in [0.25, 0.3) is 22.6 Å². The molecule has 2 N–H and O–H groups in total. The predicted molar refractivity (Wildman–Crippen MR) is 133 cm³/mol. The van der Waals surface area contributed by atoms with Gasteiger partial charge >= 0.3 is 5.97 Å². The molecule has 35 heavy (non-hydrogen) atoms. The first kappa shape index (κ1) is 24.0. The van der Waals surface area contributed by atoms with Crippen molar-refractivity contribution in [2.24, 2.45) is 0 Å². The Hall–Kier alpha value is -4.18. The number of thiazole rings is 1. The van der Waals surface area contributed by atoms with Gasteiger partial charge in [0.2, 0.25) is 0 Å². The van der Waals surface area contributed by atoms with Gasteiger partial charge in [-0.15, -0.1) is 11.3 Å². The van der Waals surface area contributed by atoms with E-state index >= 15 is 0 Å². The van der Waals surface area contributed by atoms with E-state index in [2.05, 4.69) is 20.3 Å². The van der Waals surface area contributed by atoms with Gasteiger partial charge in [-0.25, -0.2) is 14.8 Å². The summed E-state index contributed by atoms with van der Waals surface area (Å²) < 4.78 is 15.7. The van der Waals surface area contributed by atoms with Crippen molar-refractivity contribution in [3.8, 4) is 34.1 Å². The molecule has 0 aliphatic heterocycles. The van der Waals surface area contributed by atoms with Crippen molar-refractivity contribution < 1.29 is 23.8 Å². The van der Waals surface area contributed by atoms with Crippen LogP contribution < -0.4 is 14.8 Å². The zero-order chi connectivity index (χ0) is 24.9. The van der Waals surface area contributed by atoms with Gasteiger partial charge in [0.1, 0.15) is 5.82 Å². The smallest absolute Gasteiger partial charge is 0.338 e. The third-order valence-electron chi connectivity index (χ3n) is 5.29. The summed E-state index contributed by atoms with van der Waals surface area (Å²) in [5.74, 6) is 0.851. The monoisotopic (exact) mass is 492 g/mol. The minimum Gasteiger partial charge on any atom is -0.493 e. The normalized spacial score (nSPS) is 10.6. The van der Waals surface area contributed by atoms with Gasteiger partial charge in [0.05, 0.1) is 31.2 Å². The summed E-state index contributed by atoms with van der Waals surface area (Å²) in [6.45, 7) is 3.45. The number of amides is 1. The summed E-state index contributed by atoms with van der Waals surface area (Å²) in [5, 5.41) is 4.86. The molecule has 2 aromatic carbocycles. The summed E-state index contributed by atoms with van der Waals surface area (Å²) in [6, 6.07) is 12.3. The Kier molecular flexibility index (Phi) is 7.11. The number of aryl methyl sites for hydroxylation is 2. The molecule has 2 aromatic heterocycles. The number of hydrogen-bond donors (Lipinski definition) is 2. The van der Waals surface area contributed by atoms with E-state index in [1.54, 1.807) is 50.6 Å². The number of nitrogens with one attached hydrogen (secondary N) is 2. The van der Waals surface area contributed by atoms with E-state index in [0.717, 1.165) is 28.3 Å². The van der Waals surface area contributed by atoms with Gasteiger partial charge in [0, 0.05) is 22.2 Å². The molecule has 2 heterocycles. The van der Waals surface area contributed by atoms with Gasteiger partial charge in [-0.05, 0) is 44.2 Å². The van der Waals surface area contributed by atoms with Crippen molar-refractivity contribution in [1.29, 1.82) is 0 Å². The van der Waals surface area contributed by atoms with Gasteiger partial charge in [0.25, 0.3) is 5.91 Å². The molecule has 0 saturated heterocycles. The maximum Gasteiger partial charge on any atom is 0.338 e. The molecule has 0 atom stereocenters. The van der Waals surface area contributed by atoms with Gasteiger partial charge < -0.3 is 19.2 Å². The Balaban J connectivity index is 1.32. The molecule has 0 spiro atoms. The predicted octanol–water partition coefficient (Wildman–Crippen LogP) is 4.63. The molecule has 9 nitrogen and oxygen atoms in total. The number of ether oxygens (including phenoxy) is 3. The van der Waals surface area contributed by atoms with Crippen molar-refractivity contribution in [2.45, 2.75) is 13.8 Å². The molecule has 0 bridgehead atoms. The van der Waals surface area contributed by atoms with Crippen LogP contribution in [0.4, 0.5) is 5.13 Å². The van der Waals surface area contributed by atoms with Crippen LogP contribution in [0.1, 0.15) is 21.7 Å². The number of aromatic nitrogens is 3. The van der Waals surface area contributed by atoms with Crippen LogP contribution in [0.2, 0.25) is 0 Å². The SMILES string of the molecule is COc1ccc(-c2csc(NC(=O)COC(=O)c3ccc(-c4nc(C)c(C)[nH]4)cc3)n2)cc1OC. The summed E-state index contributed by atoms with van der Waals surface area (Å²) in [6.07, 6.45) is 0. The molecule has 0 aliphatic carbocycles. The second kappa shape index (κ2) is 10.4. The number of rotatable bonds is 8. The second-order valence-electron chi connectivity index (χ2n) is 7.61. The molecule has 180 valence electrons. The van der Waals surface area contributed by atoms with Crippen LogP contribution in [-0.2, 0) is 9.53 Å². The van der Waals surface area contributed by atoms with Crippen molar-refractivity contribution in [3.63, 3.8) is 0 Å². The standard InChI is InChI=1S/C25H24N4O5S/c1-14-15(2)27-23(26-14)16-5-7-17(8-6-16)24(31)34-12-22(30)29-25-28-19(13-35-25)18-9-10-20(32-3)21(11-18)33-4/h5-11,13H,12H2,1-4H3,(H,26,27)(H,28,29,30). The van der Waals surface area contributed by atoms with E-state index in [1.807, 2.05) is 25.3 Å². The number of hydrogen-bond acceptors (Lipinski definition) is 8. The number of esters is 1. The van der Waals surface area contributed by atoms with Crippen molar-refractivity contribution in [1.82, 2.24) is 15.0 Å². The summed E-state index contributed by atoms with van der Waals surface area (Å²) >= 11 is 1.26. The summed E-state index contributed by atoms with van der Waals surface area (Å²) in [4.78, 5) is 36.7. The fourth-order valence-corrected chi connectivity index (χ4v) is 4.01. The average Bonchev–Trinajstić information content (AvgIpc) is 3.48. The first-order valence-electron chi connectivity index (χ1n) is 10.7. The van der Waals surface area contributed by atoms with Crippen LogP contribution in [0.3, 0.4) is 0 Å². The fraction of sp³-hybridized carbons (Fsp3) is 0.200. The number of H-pyrrole nitrogens is 1. The lowest BCUT2D eigenvalue weighted by atomic mass is 10.1. The number of aromatic amines is 1. The van der Waals surface area contributed by atoms with E-state index in [9.17, 15) is 9.59 Å². The molecular weight excluding hydrogens is 468 g/mol. The molecule has 0 saturated carbocycles. The minimum absolute atomic E-state index is 0.339. The Labute approximate surface area is 206 Å². The van der Waals surface area contributed by atoms with Crippen molar-refractivity contribution in [2.75, 3.05) is 26.1 Å². The van der Waals surface area contributed by atoms with Crippen LogP contribution >= 0.6 is 11.3 Å². The van der Waals surface area contributed by atoms with Gasteiger partial charge in [-0.2, -0.15) is 0 Å². The van der Waals surface area contributed by atoms with Crippen LogP contribution in [0.15, 0.2) is 47.8 Å². The topological polar surface area (TPSA) is 115 Å². The highest BCUT2D eigenvalue weighted by Crippen LogP contribution is 2.33. The molecule has 0 unspecified atom stereocenters. The highest BCUT2D eigenvalue weighted by Gasteiger charge is 2.14. The van der Waals surface area contributed by atoms with Gasteiger partial charge in [0.15, 0.2) is 23.2 Å². The van der Waals surface area contributed by atoms with E-state index in [0.29, 0.717) is 27.9 Å². The number of methoxy groups -OCH3 is 2. The average molecular weight is 493 g/mol. The summed E-state index contributed by atoms with van der Waals surface area (Å²) in [7, 11) is 3.13. The molecular formula is C25H24N4O5S. The number of carbonyl (C=O) groups is 2. The second-order valence-corrected chi connectivity index (χ2v) is 8.46. The first-order chi connectivity index (χ1) is 16.9. The lowest BCUT2D eigenvalue weighted by Gasteiger charge is -2.08. The number of nitrogens with zero attached hydrogens (tertiary/aromatic N) is 2. The highest BCUT2D eigenvalue weighted by molar-refractivity contribution is 7.14. The Morgan fingerprint density at radius 1 is 0.971 bits per heavy atom. The lowest BCUT2D eigenvalue weighted by Crippen LogP contribution is -2.20. The fourth-order valence-electron chi connectivity index (χ4n) is 3.28. The lowest BCUT2D eigenvalue weighted by molar-refractivity contribution is -0.119. The van der Waals surface area contributed by atoms with E-state index < -0.39 is 18.5 Å². The molecule has 0 radical (unpaired) electrons. The van der Waals surface area contributed by atoms with Gasteiger partial charge in [-0.3, -0.25) is 10.1 Å². The largest absolute Gasteiger partial charge is 0.493 e. The van der Waals surface area contributed by atoms with E-state index in [4.69, 9.17) is 14.2 Å². The highest BCUT2D eigenvalue weighted by atomic mass is 32.1. The zero-order valence-corrected chi connectivity index (χ0v) is 20.5. The Bertz CT molecular complexity index is 1340. The third kappa shape index (κ3) is 5.49. The van der Waals surface area contributed by atoms with Crippen LogP contribution in [0, 0.1) is 13.8 Å². The molecule has 0 fully saturated rings. The molecule has 4 rings (SSSR count). The van der Waals surface area contributed by atoms with Crippen LogP contribution in [0.5, 0.6) is 11.5 Å². The molecule has 10 heteroatoms. The maximum atomic E-state index is 12.3. The minimum atomic E-state index is -0.594. The number of carbonyl (C=O) groups excluding carboxylic acids is 2. The van der Waals surface area contributed by atoms with E-state index in [1.165, 1.54) is 11.3 Å². The van der Waals surface area contributed by atoms with Crippen molar-refractivity contribution in [3.05, 3.63) is 64.8 Å². The molecule has 0 aliphatic rings. The van der Waals surface area contributed by atoms with Gasteiger partial charge in [-0.1, -0.05) is 12.1 Å². The number of benzene rings is 2. The Morgan fingerprint density at radius 2 is 1.69 bits per heavy atom. The molecule has 1 amide bonds. The zero-order valence-electron chi connectivity index (χ0n) is 19.7. The Morgan fingerprint density at radius 3 is 2.34 bits per heavy atom. The van der Waals surface area contributed by atoms with Crippen LogP contribution in [-0.4, -0.2) is 47.7 Å². The quantitative estimate of drug-likeness (QED) is 0.345. The molecule has 4 aromatic rings. The van der Waals surface area contributed by atoms with Crippen molar-refractivity contribution >= 4 is 28.3 Å².